The summed E-state index contributed by atoms with van der Waals surface area (Å²) >= 11 is 0. The van der Waals surface area contributed by atoms with Crippen molar-refractivity contribution in [3.05, 3.63) is 39.9 Å². The molecule has 0 saturated heterocycles. The second-order valence-electron chi connectivity index (χ2n) is 3.57. The first kappa shape index (κ1) is 14.4. The van der Waals surface area contributed by atoms with Gasteiger partial charge in [-0.3, -0.25) is 14.9 Å². The van der Waals surface area contributed by atoms with Gasteiger partial charge in [0.2, 0.25) is 0 Å². The minimum absolute atomic E-state index is 0.0194. The summed E-state index contributed by atoms with van der Waals surface area (Å²) in [6.45, 7) is -0.0642. The van der Waals surface area contributed by atoms with Crippen LogP contribution in [0.25, 0.3) is 0 Å². The van der Waals surface area contributed by atoms with Gasteiger partial charge in [-0.25, -0.2) is 4.79 Å². The van der Waals surface area contributed by atoms with Gasteiger partial charge in [0.05, 0.1) is 11.3 Å². The lowest BCUT2D eigenvalue weighted by Crippen LogP contribution is -2.26. The molecule has 0 aliphatic rings. The zero-order valence-electron chi connectivity index (χ0n) is 9.87. The van der Waals surface area contributed by atoms with Crippen molar-refractivity contribution in [3.63, 3.8) is 0 Å². The minimum Gasteiger partial charge on any atom is -0.481 e. The zero-order valence-corrected chi connectivity index (χ0v) is 9.87. The van der Waals surface area contributed by atoms with Crippen molar-refractivity contribution in [2.75, 3.05) is 6.54 Å². The maximum Gasteiger partial charge on any atom is 0.407 e. The molecule has 0 radical (unpaired) electrons. The number of nitro groups is 1. The van der Waals surface area contributed by atoms with E-state index in [0.29, 0.717) is 5.56 Å². The van der Waals surface area contributed by atoms with E-state index in [1.807, 2.05) is 0 Å². The molecule has 0 aliphatic carbocycles. The van der Waals surface area contributed by atoms with Gasteiger partial charge >= 0.3 is 12.1 Å². The number of benzene rings is 1. The molecule has 1 amide bonds. The van der Waals surface area contributed by atoms with Crippen molar-refractivity contribution in [3.8, 4) is 0 Å². The molecule has 0 fully saturated rings. The Labute approximate surface area is 108 Å². The molecule has 0 spiro atoms. The fourth-order valence-corrected chi connectivity index (χ4v) is 1.19. The first-order valence-corrected chi connectivity index (χ1v) is 5.35. The largest absolute Gasteiger partial charge is 0.481 e. The van der Waals surface area contributed by atoms with Crippen LogP contribution in [0.1, 0.15) is 12.0 Å². The Kier molecular flexibility index (Phi) is 5.27. The number of non-ortho nitro benzene ring substituents is 1. The summed E-state index contributed by atoms with van der Waals surface area (Å²) in [5.41, 5.74) is 0.550. The molecular formula is C11H12N2O6. The van der Waals surface area contributed by atoms with Gasteiger partial charge in [0, 0.05) is 18.7 Å². The topological polar surface area (TPSA) is 119 Å². The van der Waals surface area contributed by atoms with Crippen LogP contribution >= 0.6 is 0 Å². The van der Waals surface area contributed by atoms with Crippen LogP contribution < -0.4 is 5.32 Å². The maximum atomic E-state index is 11.1. The number of hydrogen-bond donors (Lipinski definition) is 2. The summed E-state index contributed by atoms with van der Waals surface area (Å²) < 4.78 is 4.80. The first-order valence-electron chi connectivity index (χ1n) is 5.35. The number of carbonyl (C=O) groups excluding carboxylic acids is 1. The predicted molar refractivity (Wildman–Crippen MR) is 63.5 cm³/mol. The van der Waals surface area contributed by atoms with Gasteiger partial charge < -0.3 is 15.2 Å². The van der Waals surface area contributed by atoms with Gasteiger partial charge in [-0.2, -0.15) is 0 Å². The van der Waals surface area contributed by atoms with Crippen molar-refractivity contribution in [2.24, 2.45) is 0 Å². The summed E-state index contributed by atoms with van der Waals surface area (Å²) in [5, 5.41) is 21.0. The van der Waals surface area contributed by atoms with Crippen LogP contribution in [0.3, 0.4) is 0 Å². The van der Waals surface area contributed by atoms with Gasteiger partial charge in [-0.15, -0.1) is 0 Å². The normalized spacial score (nSPS) is 9.68. The van der Waals surface area contributed by atoms with Crippen LogP contribution in [0, 0.1) is 10.1 Å². The number of nitro benzene ring substituents is 1. The number of hydrogen-bond acceptors (Lipinski definition) is 5. The Hall–Kier alpha value is -2.64. The Morgan fingerprint density at radius 1 is 1.32 bits per heavy atom. The molecule has 8 heteroatoms. The van der Waals surface area contributed by atoms with Crippen LogP contribution in [-0.4, -0.2) is 28.6 Å². The molecule has 0 saturated carbocycles. The summed E-state index contributed by atoms with van der Waals surface area (Å²) in [7, 11) is 0. The SMILES string of the molecule is O=C(O)CCNC(=O)OCc1ccc([N+](=O)[O-])cc1. The number of nitrogens with zero attached hydrogens (tertiary/aromatic N) is 1. The lowest BCUT2D eigenvalue weighted by molar-refractivity contribution is -0.384. The van der Waals surface area contributed by atoms with Crippen LogP contribution in [0.15, 0.2) is 24.3 Å². The van der Waals surface area contributed by atoms with Gasteiger partial charge in [0.15, 0.2) is 0 Å². The highest BCUT2D eigenvalue weighted by Gasteiger charge is 2.06. The number of carbonyl (C=O) groups is 2. The van der Waals surface area contributed by atoms with Gasteiger partial charge in [-0.1, -0.05) is 0 Å². The second-order valence-corrected chi connectivity index (χ2v) is 3.57. The van der Waals surface area contributed by atoms with E-state index >= 15 is 0 Å². The number of rotatable bonds is 6. The molecule has 0 aromatic heterocycles. The minimum atomic E-state index is -1.02. The Morgan fingerprint density at radius 3 is 2.47 bits per heavy atom. The van der Waals surface area contributed by atoms with E-state index in [2.05, 4.69) is 5.32 Å². The summed E-state index contributed by atoms with van der Waals surface area (Å²) in [5.74, 6) is -1.02. The molecule has 8 nitrogen and oxygen atoms in total. The second kappa shape index (κ2) is 6.94. The number of alkyl carbamates (subject to hydrolysis) is 1. The van der Waals surface area contributed by atoms with Crippen molar-refractivity contribution in [2.45, 2.75) is 13.0 Å². The standard InChI is InChI=1S/C11H12N2O6/c14-10(15)5-6-12-11(16)19-7-8-1-3-9(4-2-8)13(17)18/h1-4H,5-7H2,(H,12,16)(H,14,15). The Balaban J connectivity index is 2.33. The fourth-order valence-electron chi connectivity index (χ4n) is 1.19. The van der Waals surface area contributed by atoms with E-state index in [-0.39, 0.29) is 25.3 Å². The summed E-state index contributed by atoms with van der Waals surface area (Å²) in [4.78, 5) is 31.2. The third-order valence-corrected chi connectivity index (χ3v) is 2.13. The third-order valence-electron chi connectivity index (χ3n) is 2.13. The van der Waals surface area contributed by atoms with E-state index in [0.717, 1.165) is 0 Å². The number of aliphatic carboxylic acids is 1. The van der Waals surface area contributed by atoms with Crippen LogP contribution in [0.4, 0.5) is 10.5 Å². The number of nitrogens with one attached hydrogen (secondary N) is 1. The highest BCUT2D eigenvalue weighted by atomic mass is 16.6. The molecule has 1 aromatic rings. The molecule has 102 valence electrons. The van der Waals surface area contributed by atoms with Crippen molar-refractivity contribution < 1.29 is 24.4 Å². The fraction of sp³-hybridized carbons (Fsp3) is 0.273. The number of carboxylic acid groups (broad SMARTS) is 1. The molecule has 0 bridgehead atoms. The number of ether oxygens (including phenoxy) is 1. The first-order chi connectivity index (χ1) is 8.99. The van der Waals surface area contributed by atoms with Crippen molar-refractivity contribution in [1.82, 2.24) is 5.32 Å². The maximum absolute atomic E-state index is 11.1. The summed E-state index contributed by atoms with van der Waals surface area (Å²) in [6.07, 6.45) is -0.924. The van der Waals surface area contributed by atoms with Crippen LogP contribution in [-0.2, 0) is 16.1 Å². The van der Waals surface area contributed by atoms with Crippen molar-refractivity contribution in [1.29, 1.82) is 0 Å². The quantitative estimate of drug-likeness (QED) is 0.592. The molecule has 0 atom stereocenters. The van der Waals surface area contributed by atoms with E-state index in [9.17, 15) is 19.7 Å². The molecule has 19 heavy (non-hydrogen) atoms. The third kappa shape index (κ3) is 5.48. The monoisotopic (exact) mass is 268 g/mol. The predicted octanol–water partition coefficient (Wildman–Crippen LogP) is 1.30. The average molecular weight is 268 g/mol. The lowest BCUT2D eigenvalue weighted by Gasteiger charge is -2.05. The van der Waals surface area contributed by atoms with E-state index in [1.165, 1.54) is 24.3 Å². The average Bonchev–Trinajstić information content (AvgIpc) is 2.36. The van der Waals surface area contributed by atoms with E-state index in [4.69, 9.17) is 9.84 Å². The molecule has 0 aliphatic heterocycles. The Bertz CT molecular complexity index is 471. The smallest absolute Gasteiger partial charge is 0.407 e. The van der Waals surface area contributed by atoms with Gasteiger partial charge in [0.1, 0.15) is 6.61 Å². The van der Waals surface area contributed by atoms with Crippen LogP contribution in [0.2, 0.25) is 0 Å². The molecular weight excluding hydrogens is 256 g/mol. The van der Waals surface area contributed by atoms with Crippen LogP contribution in [0.5, 0.6) is 0 Å². The molecule has 0 heterocycles. The van der Waals surface area contributed by atoms with E-state index < -0.39 is 17.0 Å². The highest BCUT2D eigenvalue weighted by molar-refractivity contribution is 5.70. The highest BCUT2D eigenvalue weighted by Crippen LogP contribution is 2.12. The molecule has 0 unspecified atom stereocenters. The Morgan fingerprint density at radius 2 is 1.95 bits per heavy atom. The molecule has 1 aromatic carbocycles. The molecule has 1 rings (SSSR count). The zero-order chi connectivity index (χ0) is 14.3. The lowest BCUT2D eigenvalue weighted by atomic mass is 10.2. The van der Waals surface area contributed by atoms with Gasteiger partial charge in [0.25, 0.3) is 5.69 Å². The van der Waals surface area contributed by atoms with Gasteiger partial charge in [-0.05, 0) is 17.7 Å². The summed E-state index contributed by atoms with van der Waals surface area (Å²) in [6, 6.07) is 5.56. The van der Waals surface area contributed by atoms with Crippen molar-refractivity contribution >= 4 is 17.7 Å². The number of carboxylic acids is 1. The number of amides is 1. The molecule has 2 N–H and O–H groups in total. The van der Waals surface area contributed by atoms with E-state index in [1.54, 1.807) is 0 Å².